The lowest BCUT2D eigenvalue weighted by Gasteiger charge is -2.27. The van der Waals surface area contributed by atoms with E-state index in [1.165, 1.54) is 11.3 Å². The van der Waals surface area contributed by atoms with Crippen LogP contribution < -0.4 is 14.9 Å². The van der Waals surface area contributed by atoms with Crippen molar-refractivity contribution in [3.63, 3.8) is 0 Å². The van der Waals surface area contributed by atoms with Crippen molar-refractivity contribution in [3.05, 3.63) is 75.7 Å². The van der Waals surface area contributed by atoms with Crippen LogP contribution in [0.4, 0.5) is 11.4 Å². The van der Waals surface area contributed by atoms with E-state index in [-0.39, 0.29) is 12.1 Å². The molecule has 0 radical (unpaired) electrons. The molecule has 1 aliphatic rings. The van der Waals surface area contributed by atoms with Crippen molar-refractivity contribution in [3.8, 4) is 0 Å². The third-order valence-electron chi connectivity index (χ3n) is 4.43. The van der Waals surface area contributed by atoms with Gasteiger partial charge in [-0.25, -0.2) is 8.42 Å². The number of sulfonamides is 1. The maximum atomic E-state index is 11.5. The summed E-state index contributed by atoms with van der Waals surface area (Å²) in [5, 5.41) is 3.94. The van der Waals surface area contributed by atoms with E-state index in [1.54, 1.807) is 18.3 Å². The second-order valence-corrected chi connectivity index (χ2v) is 10.4. The minimum atomic E-state index is -3.34. The van der Waals surface area contributed by atoms with Crippen molar-refractivity contribution in [1.82, 2.24) is 10.3 Å². The number of pyridine rings is 1. The van der Waals surface area contributed by atoms with E-state index in [9.17, 15) is 8.42 Å². The van der Waals surface area contributed by atoms with Crippen LogP contribution in [0.3, 0.4) is 0 Å². The number of benzene rings is 1. The number of rotatable bonds is 5. The SMILES string of the molecule is CS(=O)(=O)Nc1ccc(N2C(=S)N[C@H](c3ccccn3)[C@H]2c2ccc(Cl)s2)cc1. The Balaban J connectivity index is 1.73. The Bertz CT molecular complexity index is 1130. The summed E-state index contributed by atoms with van der Waals surface area (Å²) in [4.78, 5) is 7.57. The minimum Gasteiger partial charge on any atom is -0.351 e. The first-order valence-electron chi connectivity index (χ1n) is 8.65. The second-order valence-electron chi connectivity index (χ2n) is 6.56. The van der Waals surface area contributed by atoms with Crippen molar-refractivity contribution >= 4 is 61.7 Å². The van der Waals surface area contributed by atoms with Gasteiger partial charge in [0.2, 0.25) is 10.0 Å². The zero-order chi connectivity index (χ0) is 20.6. The predicted molar refractivity (Wildman–Crippen MR) is 122 cm³/mol. The highest BCUT2D eigenvalue weighted by Crippen LogP contribution is 2.44. The van der Waals surface area contributed by atoms with Gasteiger partial charge in [0.1, 0.15) is 0 Å². The molecule has 0 bridgehead atoms. The molecule has 0 aliphatic carbocycles. The number of anilines is 2. The highest BCUT2D eigenvalue weighted by Gasteiger charge is 2.41. The summed E-state index contributed by atoms with van der Waals surface area (Å²) in [6.45, 7) is 0. The average molecular weight is 465 g/mol. The van der Waals surface area contributed by atoms with Crippen molar-refractivity contribution in [2.45, 2.75) is 12.1 Å². The van der Waals surface area contributed by atoms with E-state index < -0.39 is 10.0 Å². The van der Waals surface area contributed by atoms with Crippen LogP contribution in [0.5, 0.6) is 0 Å². The number of hydrogen-bond acceptors (Lipinski definition) is 5. The molecule has 0 saturated carbocycles. The number of halogens is 1. The van der Waals surface area contributed by atoms with E-state index >= 15 is 0 Å². The topological polar surface area (TPSA) is 74.3 Å². The largest absolute Gasteiger partial charge is 0.351 e. The highest BCUT2D eigenvalue weighted by molar-refractivity contribution is 7.92. The average Bonchev–Trinajstić information content (AvgIpc) is 3.25. The van der Waals surface area contributed by atoms with Crippen LogP contribution in [0.1, 0.15) is 22.7 Å². The molecule has 3 aromatic rings. The van der Waals surface area contributed by atoms with Gasteiger partial charge in [-0.05, 0) is 60.7 Å². The quantitative estimate of drug-likeness (QED) is 0.547. The first-order valence-corrected chi connectivity index (χ1v) is 12.1. The molecule has 2 N–H and O–H groups in total. The van der Waals surface area contributed by atoms with Gasteiger partial charge >= 0.3 is 0 Å². The lowest BCUT2D eigenvalue weighted by Crippen LogP contribution is -2.29. The van der Waals surface area contributed by atoms with E-state index in [2.05, 4.69) is 15.0 Å². The second kappa shape index (κ2) is 7.91. The monoisotopic (exact) mass is 464 g/mol. The van der Waals surface area contributed by atoms with Crippen molar-refractivity contribution in [1.29, 1.82) is 0 Å². The Kier molecular flexibility index (Phi) is 5.48. The van der Waals surface area contributed by atoms with Crippen LogP contribution in [0, 0.1) is 0 Å². The summed E-state index contributed by atoms with van der Waals surface area (Å²) >= 11 is 13.4. The molecule has 6 nitrogen and oxygen atoms in total. The lowest BCUT2D eigenvalue weighted by molar-refractivity contribution is 0.575. The van der Waals surface area contributed by atoms with Crippen LogP contribution in [0.15, 0.2) is 60.8 Å². The fourth-order valence-electron chi connectivity index (χ4n) is 3.31. The maximum absolute atomic E-state index is 11.5. The van der Waals surface area contributed by atoms with Gasteiger partial charge in [0, 0.05) is 22.4 Å². The smallest absolute Gasteiger partial charge is 0.229 e. The molecule has 1 saturated heterocycles. The molecule has 1 aliphatic heterocycles. The predicted octanol–water partition coefficient (Wildman–Crippen LogP) is 4.35. The maximum Gasteiger partial charge on any atom is 0.229 e. The van der Waals surface area contributed by atoms with Crippen LogP contribution in [-0.2, 0) is 10.0 Å². The Labute approximate surface area is 183 Å². The first kappa shape index (κ1) is 20.1. The molecule has 0 unspecified atom stereocenters. The first-order chi connectivity index (χ1) is 13.8. The summed E-state index contributed by atoms with van der Waals surface area (Å²) in [5.74, 6) is 0. The van der Waals surface area contributed by atoms with Gasteiger partial charge in [-0.15, -0.1) is 11.3 Å². The van der Waals surface area contributed by atoms with Gasteiger partial charge in [-0.2, -0.15) is 0 Å². The van der Waals surface area contributed by atoms with Crippen molar-refractivity contribution in [2.75, 3.05) is 15.9 Å². The van der Waals surface area contributed by atoms with Crippen LogP contribution in [-0.4, -0.2) is 24.8 Å². The highest BCUT2D eigenvalue weighted by atomic mass is 35.5. The van der Waals surface area contributed by atoms with Gasteiger partial charge in [0.25, 0.3) is 0 Å². The Morgan fingerprint density at radius 1 is 1.17 bits per heavy atom. The standard InChI is InChI=1S/C19H17ClN4O2S3/c1-29(25,26)23-12-5-7-13(8-6-12)24-18(15-9-10-16(20)28-15)17(22-19(24)27)14-4-2-3-11-21-14/h2-11,17-18,23H,1H3,(H,22,27)/t17-,18-/m1/s1. The summed E-state index contributed by atoms with van der Waals surface area (Å²) in [5.41, 5.74) is 2.21. The van der Waals surface area contributed by atoms with Crippen molar-refractivity contribution in [2.24, 2.45) is 0 Å². The number of aromatic nitrogens is 1. The Hall–Kier alpha value is -2.20. The molecule has 1 fully saturated rings. The number of thiocarbonyl (C=S) groups is 1. The summed E-state index contributed by atoms with van der Waals surface area (Å²) in [7, 11) is -3.34. The molecule has 0 amide bonds. The molecule has 29 heavy (non-hydrogen) atoms. The molecule has 3 heterocycles. The van der Waals surface area contributed by atoms with Gasteiger partial charge in [0.15, 0.2) is 5.11 Å². The molecule has 0 spiro atoms. The molecule has 2 atom stereocenters. The Morgan fingerprint density at radius 2 is 1.93 bits per heavy atom. The summed E-state index contributed by atoms with van der Waals surface area (Å²) in [6, 6.07) is 16.5. The third-order valence-corrected chi connectivity index (χ3v) is 6.66. The normalized spacial score (nSPS) is 19.2. The zero-order valence-corrected chi connectivity index (χ0v) is 18.4. The van der Waals surface area contributed by atoms with E-state index in [4.69, 9.17) is 23.8 Å². The number of thiophene rings is 1. The molecule has 4 rings (SSSR count). The number of nitrogens with one attached hydrogen (secondary N) is 2. The van der Waals surface area contributed by atoms with Crippen LogP contribution >= 0.6 is 35.2 Å². The van der Waals surface area contributed by atoms with Crippen LogP contribution in [0.25, 0.3) is 0 Å². The molecule has 10 heteroatoms. The minimum absolute atomic E-state index is 0.136. The van der Waals surface area contributed by atoms with Crippen LogP contribution in [0.2, 0.25) is 4.34 Å². The molecular formula is C19H17ClN4O2S3. The van der Waals surface area contributed by atoms with Gasteiger partial charge < -0.3 is 10.2 Å². The Morgan fingerprint density at radius 3 is 2.52 bits per heavy atom. The fourth-order valence-corrected chi connectivity index (χ4v) is 5.41. The zero-order valence-electron chi connectivity index (χ0n) is 15.2. The molecule has 2 aromatic heterocycles. The lowest BCUT2D eigenvalue weighted by atomic mass is 10.0. The fraction of sp³-hybridized carbons (Fsp3) is 0.158. The van der Waals surface area contributed by atoms with E-state index in [1.807, 2.05) is 47.4 Å². The number of nitrogens with zero attached hydrogens (tertiary/aromatic N) is 2. The molecule has 150 valence electrons. The summed E-state index contributed by atoms with van der Waals surface area (Å²) < 4.78 is 26.1. The van der Waals surface area contributed by atoms with Gasteiger partial charge in [-0.1, -0.05) is 17.7 Å². The molecular weight excluding hydrogens is 448 g/mol. The van der Waals surface area contributed by atoms with Gasteiger partial charge in [-0.3, -0.25) is 9.71 Å². The van der Waals surface area contributed by atoms with E-state index in [0.717, 1.165) is 22.5 Å². The third kappa shape index (κ3) is 4.37. The molecule has 1 aromatic carbocycles. The van der Waals surface area contributed by atoms with Gasteiger partial charge in [0.05, 0.1) is 28.4 Å². The summed E-state index contributed by atoms with van der Waals surface area (Å²) in [6.07, 6.45) is 2.88. The van der Waals surface area contributed by atoms with E-state index in [0.29, 0.717) is 15.1 Å². The van der Waals surface area contributed by atoms with Crippen molar-refractivity contribution < 1.29 is 8.42 Å². The number of hydrogen-bond donors (Lipinski definition) is 2.